The number of methoxy groups -OCH3 is 2. The van der Waals surface area contributed by atoms with Crippen LogP contribution in [0, 0.1) is 0 Å². The first-order valence-corrected chi connectivity index (χ1v) is 5.85. The molecule has 6 nitrogen and oxygen atoms in total. The number of esters is 1. The molecule has 6 heteroatoms. The van der Waals surface area contributed by atoms with Crippen LogP contribution in [0.15, 0.2) is 12.1 Å². The maximum Gasteiger partial charge on any atom is 0.338 e. The van der Waals surface area contributed by atoms with Crippen LogP contribution in [0.2, 0.25) is 0 Å². The minimum atomic E-state index is -0.491. The van der Waals surface area contributed by atoms with Gasteiger partial charge in [-0.05, 0) is 19.1 Å². The molecule has 0 fully saturated rings. The summed E-state index contributed by atoms with van der Waals surface area (Å²) in [6.45, 7) is 2.31. The topological polar surface area (TPSA) is 65.1 Å². The summed E-state index contributed by atoms with van der Waals surface area (Å²) in [6, 6.07) is 3.11. The summed E-state index contributed by atoms with van der Waals surface area (Å²) < 4.78 is 15.3. The number of benzene rings is 1. The van der Waals surface area contributed by atoms with Crippen LogP contribution in [0.4, 0.5) is 5.69 Å². The van der Waals surface area contributed by atoms with Crippen molar-refractivity contribution in [3.8, 4) is 11.5 Å². The number of carbonyl (C=O) groups is 2. The Morgan fingerprint density at radius 1 is 1.42 bits per heavy atom. The maximum absolute atomic E-state index is 11.8. The molecule has 1 aromatic rings. The van der Waals surface area contributed by atoms with Gasteiger partial charge in [0.2, 0.25) is 0 Å². The van der Waals surface area contributed by atoms with Crippen LogP contribution in [0.3, 0.4) is 0 Å². The second-order valence-corrected chi connectivity index (χ2v) is 3.95. The molecular formula is C13H15NO5. The smallest absolute Gasteiger partial charge is 0.338 e. The summed E-state index contributed by atoms with van der Waals surface area (Å²) in [5, 5.41) is 0. The first-order valence-electron chi connectivity index (χ1n) is 5.85. The Morgan fingerprint density at radius 2 is 2.16 bits per heavy atom. The van der Waals surface area contributed by atoms with Crippen LogP contribution in [-0.4, -0.2) is 39.2 Å². The van der Waals surface area contributed by atoms with Crippen molar-refractivity contribution < 1.29 is 23.8 Å². The number of amides is 1. The molecule has 0 spiro atoms. The molecule has 1 aliphatic rings. The molecule has 2 rings (SSSR count). The van der Waals surface area contributed by atoms with E-state index in [0.29, 0.717) is 29.3 Å². The molecule has 0 bridgehead atoms. The van der Waals surface area contributed by atoms with E-state index in [1.807, 2.05) is 6.92 Å². The minimum Gasteiger partial charge on any atom is -0.493 e. The van der Waals surface area contributed by atoms with E-state index in [0.717, 1.165) is 0 Å². The van der Waals surface area contributed by atoms with Gasteiger partial charge in [-0.2, -0.15) is 0 Å². The van der Waals surface area contributed by atoms with E-state index in [9.17, 15) is 9.59 Å². The standard InChI is InChI=1S/C13H15NO5/c1-4-14-9-5-8(13(16)18-3)6-10(17-2)12(9)19-7-11(14)15/h5-6H,4,7H2,1-3H3. The number of fused-ring (bicyclic) bond motifs is 1. The van der Waals surface area contributed by atoms with E-state index in [1.54, 1.807) is 11.0 Å². The van der Waals surface area contributed by atoms with Gasteiger partial charge in [-0.1, -0.05) is 0 Å². The van der Waals surface area contributed by atoms with Gasteiger partial charge in [-0.15, -0.1) is 0 Å². The van der Waals surface area contributed by atoms with E-state index in [4.69, 9.17) is 9.47 Å². The van der Waals surface area contributed by atoms with Crippen molar-refractivity contribution in [1.29, 1.82) is 0 Å². The average Bonchev–Trinajstić information content (AvgIpc) is 2.44. The highest BCUT2D eigenvalue weighted by atomic mass is 16.5. The monoisotopic (exact) mass is 265 g/mol. The lowest BCUT2D eigenvalue weighted by atomic mass is 10.1. The lowest BCUT2D eigenvalue weighted by molar-refractivity contribution is -0.121. The van der Waals surface area contributed by atoms with Gasteiger partial charge in [0.05, 0.1) is 25.5 Å². The zero-order valence-corrected chi connectivity index (χ0v) is 11.1. The van der Waals surface area contributed by atoms with E-state index in [-0.39, 0.29) is 12.5 Å². The summed E-state index contributed by atoms with van der Waals surface area (Å²) in [6.07, 6.45) is 0. The molecule has 1 aliphatic heterocycles. The molecule has 19 heavy (non-hydrogen) atoms. The number of carbonyl (C=O) groups excluding carboxylic acids is 2. The second kappa shape index (κ2) is 5.17. The van der Waals surface area contributed by atoms with E-state index >= 15 is 0 Å². The van der Waals surface area contributed by atoms with Gasteiger partial charge in [-0.25, -0.2) is 4.79 Å². The van der Waals surface area contributed by atoms with Gasteiger partial charge >= 0.3 is 5.97 Å². The minimum absolute atomic E-state index is 0.0330. The molecule has 1 amide bonds. The number of likely N-dealkylation sites (N-methyl/N-ethyl adjacent to an activating group) is 1. The fourth-order valence-electron chi connectivity index (χ4n) is 2.01. The average molecular weight is 265 g/mol. The normalized spacial score (nSPS) is 13.6. The van der Waals surface area contributed by atoms with Crippen molar-refractivity contribution >= 4 is 17.6 Å². The Hall–Kier alpha value is -2.24. The van der Waals surface area contributed by atoms with Gasteiger partial charge in [-0.3, -0.25) is 4.79 Å². The molecule has 0 saturated heterocycles. The SMILES string of the molecule is CCN1C(=O)COc2c(OC)cc(C(=O)OC)cc21. The molecule has 102 valence electrons. The van der Waals surface area contributed by atoms with Crippen molar-refractivity contribution in [1.82, 2.24) is 0 Å². The van der Waals surface area contributed by atoms with Crippen molar-refractivity contribution in [2.24, 2.45) is 0 Å². The van der Waals surface area contributed by atoms with E-state index in [2.05, 4.69) is 4.74 Å². The Balaban J connectivity index is 2.59. The van der Waals surface area contributed by atoms with E-state index in [1.165, 1.54) is 20.3 Å². The number of rotatable bonds is 3. The Labute approximate surface area is 110 Å². The third-order valence-corrected chi connectivity index (χ3v) is 2.92. The molecule has 0 atom stereocenters. The molecule has 0 N–H and O–H groups in total. The highest BCUT2D eigenvalue weighted by Crippen LogP contribution is 2.41. The molecule has 0 radical (unpaired) electrons. The highest BCUT2D eigenvalue weighted by Gasteiger charge is 2.28. The van der Waals surface area contributed by atoms with Crippen LogP contribution in [0.5, 0.6) is 11.5 Å². The van der Waals surface area contributed by atoms with E-state index < -0.39 is 5.97 Å². The quantitative estimate of drug-likeness (QED) is 0.769. The van der Waals surface area contributed by atoms with Crippen molar-refractivity contribution in [3.63, 3.8) is 0 Å². The Morgan fingerprint density at radius 3 is 2.74 bits per heavy atom. The zero-order valence-electron chi connectivity index (χ0n) is 11.1. The number of ether oxygens (including phenoxy) is 3. The predicted octanol–water partition coefficient (Wildman–Crippen LogP) is 1.23. The highest BCUT2D eigenvalue weighted by molar-refractivity contribution is 6.01. The first kappa shape index (κ1) is 13.2. The van der Waals surface area contributed by atoms with Crippen molar-refractivity contribution in [2.75, 3.05) is 32.3 Å². The van der Waals surface area contributed by atoms with Gasteiger partial charge in [0, 0.05) is 6.54 Å². The van der Waals surface area contributed by atoms with Gasteiger partial charge < -0.3 is 19.1 Å². The molecule has 1 heterocycles. The molecule has 1 aromatic carbocycles. The molecule has 0 saturated carbocycles. The predicted molar refractivity (Wildman–Crippen MR) is 67.9 cm³/mol. The zero-order chi connectivity index (χ0) is 14.0. The van der Waals surface area contributed by atoms with Crippen molar-refractivity contribution in [3.05, 3.63) is 17.7 Å². The van der Waals surface area contributed by atoms with Gasteiger partial charge in [0.1, 0.15) is 0 Å². The third-order valence-electron chi connectivity index (χ3n) is 2.92. The summed E-state index contributed by atoms with van der Waals surface area (Å²) >= 11 is 0. The largest absolute Gasteiger partial charge is 0.493 e. The first-order chi connectivity index (χ1) is 9.12. The molecular weight excluding hydrogens is 250 g/mol. The van der Waals surface area contributed by atoms with Crippen LogP contribution in [0.1, 0.15) is 17.3 Å². The summed E-state index contributed by atoms with van der Waals surface area (Å²) in [5.41, 5.74) is 0.841. The van der Waals surface area contributed by atoms with Gasteiger partial charge in [0.25, 0.3) is 5.91 Å². The molecule has 0 unspecified atom stereocenters. The molecule has 0 aliphatic carbocycles. The lowest BCUT2D eigenvalue weighted by Crippen LogP contribution is -2.38. The number of hydrogen-bond donors (Lipinski definition) is 0. The summed E-state index contributed by atoms with van der Waals surface area (Å²) in [4.78, 5) is 25.0. The number of hydrogen-bond acceptors (Lipinski definition) is 5. The van der Waals surface area contributed by atoms with Crippen LogP contribution in [0.25, 0.3) is 0 Å². The van der Waals surface area contributed by atoms with Crippen molar-refractivity contribution in [2.45, 2.75) is 6.92 Å². The maximum atomic E-state index is 11.8. The fourth-order valence-corrected chi connectivity index (χ4v) is 2.01. The van der Waals surface area contributed by atoms with Gasteiger partial charge in [0.15, 0.2) is 18.1 Å². The summed E-state index contributed by atoms with van der Waals surface area (Å²) in [5.74, 6) is 0.231. The number of anilines is 1. The third kappa shape index (κ3) is 2.21. The lowest BCUT2D eigenvalue weighted by Gasteiger charge is -2.29. The summed E-state index contributed by atoms with van der Waals surface area (Å²) in [7, 11) is 2.78. The van der Waals surface area contributed by atoms with Crippen LogP contribution < -0.4 is 14.4 Å². The second-order valence-electron chi connectivity index (χ2n) is 3.95. The van der Waals surface area contributed by atoms with Crippen LogP contribution >= 0.6 is 0 Å². The Kier molecular flexibility index (Phi) is 3.59. The fraction of sp³-hybridized carbons (Fsp3) is 0.385. The van der Waals surface area contributed by atoms with Crippen LogP contribution in [-0.2, 0) is 9.53 Å². The Bertz CT molecular complexity index is 526. The number of nitrogens with zero attached hydrogens (tertiary/aromatic N) is 1. The molecule has 0 aromatic heterocycles.